The molecule has 0 aromatic heterocycles. The van der Waals surface area contributed by atoms with E-state index in [1.807, 2.05) is 6.07 Å². The van der Waals surface area contributed by atoms with Gasteiger partial charge in [-0.25, -0.2) is 4.39 Å². The van der Waals surface area contributed by atoms with E-state index in [0.717, 1.165) is 25.1 Å². The van der Waals surface area contributed by atoms with Gasteiger partial charge in [0.05, 0.1) is 18.8 Å². The van der Waals surface area contributed by atoms with E-state index in [4.69, 9.17) is 4.74 Å². The molecule has 2 aromatic carbocycles. The molecule has 0 aliphatic carbocycles. The molecule has 2 aliphatic rings. The number of ether oxygens (including phenoxy) is 1. The Bertz CT molecular complexity index is 786. The predicted molar refractivity (Wildman–Crippen MR) is 104 cm³/mol. The zero-order valence-corrected chi connectivity index (χ0v) is 15.8. The molecule has 0 spiro atoms. The van der Waals surface area contributed by atoms with Gasteiger partial charge in [-0.1, -0.05) is 36.4 Å². The first kappa shape index (κ1) is 19.5. The van der Waals surface area contributed by atoms with Crippen molar-refractivity contribution < 1.29 is 19.3 Å². The van der Waals surface area contributed by atoms with Gasteiger partial charge < -0.3 is 20.3 Å². The molecule has 3 N–H and O–H groups in total. The fourth-order valence-corrected chi connectivity index (χ4v) is 4.33. The molecule has 0 amide bonds. The first-order valence-corrected chi connectivity index (χ1v) is 9.86. The Morgan fingerprint density at radius 3 is 2.57 bits per heavy atom. The predicted octanol–water partition coefficient (Wildman–Crippen LogP) is 1.46. The van der Waals surface area contributed by atoms with E-state index in [-0.39, 0.29) is 24.6 Å². The smallest absolute Gasteiger partial charge is 0.123 e. The fourth-order valence-electron chi connectivity index (χ4n) is 4.33. The van der Waals surface area contributed by atoms with Crippen LogP contribution >= 0.6 is 0 Å². The minimum Gasteiger partial charge on any atom is -0.394 e. The Morgan fingerprint density at radius 1 is 1.07 bits per heavy atom. The Balaban J connectivity index is 1.42. The minimum absolute atomic E-state index is 0.175. The Morgan fingerprint density at radius 2 is 1.82 bits per heavy atom. The number of fused-ring (bicyclic) bond motifs is 1. The van der Waals surface area contributed by atoms with Crippen LogP contribution in [0.2, 0.25) is 0 Å². The van der Waals surface area contributed by atoms with Crippen molar-refractivity contribution in [1.29, 1.82) is 0 Å². The van der Waals surface area contributed by atoms with Crippen molar-refractivity contribution in [2.45, 2.75) is 43.9 Å². The van der Waals surface area contributed by atoms with E-state index >= 15 is 0 Å². The topological polar surface area (TPSA) is 65.0 Å². The summed E-state index contributed by atoms with van der Waals surface area (Å²) in [7, 11) is 0. The standard InChI is InChI=1S/C22H27FN2O3/c23-18-7-5-15(6-8-18)11-24-12-19-21(22(27)20(14-26)28-19)25-10-9-16-3-1-2-4-17(16)13-25/h1-8,19-22,24,26-27H,9-14H2/t19-,20+,21+,22-/m1/s1. The number of nitrogens with one attached hydrogen (secondary N) is 1. The van der Waals surface area contributed by atoms with Gasteiger partial charge in [0.25, 0.3) is 0 Å². The lowest BCUT2D eigenvalue weighted by molar-refractivity contribution is -0.0213. The van der Waals surface area contributed by atoms with Gasteiger partial charge in [0.1, 0.15) is 18.0 Å². The van der Waals surface area contributed by atoms with E-state index in [0.29, 0.717) is 13.1 Å². The Kier molecular flexibility index (Phi) is 6.04. The van der Waals surface area contributed by atoms with Crippen molar-refractivity contribution >= 4 is 0 Å². The second-order valence-electron chi connectivity index (χ2n) is 7.62. The van der Waals surface area contributed by atoms with Gasteiger partial charge in [0, 0.05) is 26.2 Å². The monoisotopic (exact) mass is 386 g/mol. The first-order valence-electron chi connectivity index (χ1n) is 9.86. The normalized spacial score (nSPS) is 27.7. The van der Waals surface area contributed by atoms with Crippen LogP contribution in [-0.4, -0.2) is 59.2 Å². The molecule has 2 aliphatic heterocycles. The van der Waals surface area contributed by atoms with Crippen LogP contribution in [0, 0.1) is 5.82 Å². The van der Waals surface area contributed by atoms with Gasteiger partial charge in [-0.15, -0.1) is 0 Å². The number of aliphatic hydroxyl groups excluding tert-OH is 2. The SMILES string of the molecule is OC[C@@H]1O[C@H](CNCc2ccc(F)cc2)[C@H](N2CCc3ccccc3C2)[C@@H]1O. The van der Waals surface area contributed by atoms with Gasteiger partial charge in [-0.05, 0) is 35.2 Å². The zero-order chi connectivity index (χ0) is 19.5. The second-order valence-corrected chi connectivity index (χ2v) is 7.62. The van der Waals surface area contributed by atoms with Crippen LogP contribution in [0.25, 0.3) is 0 Å². The summed E-state index contributed by atoms with van der Waals surface area (Å²) in [6.45, 7) is 2.57. The molecule has 0 saturated carbocycles. The third-order valence-corrected chi connectivity index (χ3v) is 5.81. The van der Waals surface area contributed by atoms with Crippen LogP contribution in [0.1, 0.15) is 16.7 Å². The van der Waals surface area contributed by atoms with Crippen molar-refractivity contribution in [3.05, 3.63) is 71.0 Å². The maximum Gasteiger partial charge on any atom is 0.123 e. The van der Waals surface area contributed by atoms with Crippen molar-refractivity contribution in [1.82, 2.24) is 10.2 Å². The molecule has 4 atom stereocenters. The summed E-state index contributed by atoms with van der Waals surface area (Å²) in [6, 6.07) is 14.6. The molecule has 0 unspecified atom stereocenters. The fraction of sp³-hybridized carbons (Fsp3) is 0.455. The Labute approximate surface area is 164 Å². The van der Waals surface area contributed by atoms with Crippen LogP contribution in [0.15, 0.2) is 48.5 Å². The van der Waals surface area contributed by atoms with E-state index in [1.54, 1.807) is 12.1 Å². The van der Waals surface area contributed by atoms with E-state index in [9.17, 15) is 14.6 Å². The largest absolute Gasteiger partial charge is 0.394 e. The zero-order valence-electron chi connectivity index (χ0n) is 15.8. The van der Waals surface area contributed by atoms with Gasteiger partial charge in [0.2, 0.25) is 0 Å². The number of benzene rings is 2. The molecule has 0 radical (unpaired) electrons. The molecular weight excluding hydrogens is 359 g/mol. The first-order chi connectivity index (χ1) is 13.7. The lowest BCUT2D eigenvalue weighted by Crippen LogP contribution is -2.52. The Hall–Kier alpha value is -1.83. The average Bonchev–Trinajstić information content (AvgIpc) is 3.04. The average molecular weight is 386 g/mol. The van der Waals surface area contributed by atoms with Crippen molar-refractivity contribution in [2.75, 3.05) is 19.7 Å². The highest BCUT2D eigenvalue weighted by Crippen LogP contribution is 2.30. The highest BCUT2D eigenvalue weighted by Gasteiger charge is 2.46. The molecular formula is C22H27FN2O3. The lowest BCUT2D eigenvalue weighted by atomic mass is 9.95. The molecule has 2 aromatic rings. The molecule has 2 heterocycles. The number of nitrogens with zero attached hydrogens (tertiary/aromatic N) is 1. The van der Waals surface area contributed by atoms with E-state index in [1.165, 1.54) is 23.3 Å². The molecule has 1 saturated heterocycles. The van der Waals surface area contributed by atoms with Gasteiger partial charge >= 0.3 is 0 Å². The number of rotatable bonds is 6. The van der Waals surface area contributed by atoms with E-state index < -0.39 is 12.2 Å². The highest BCUT2D eigenvalue weighted by atomic mass is 19.1. The van der Waals surface area contributed by atoms with Crippen LogP contribution in [0.4, 0.5) is 4.39 Å². The van der Waals surface area contributed by atoms with Crippen LogP contribution < -0.4 is 5.32 Å². The molecule has 4 rings (SSSR count). The molecule has 150 valence electrons. The minimum atomic E-state index is -0.729. The van der Waals surface area contributed by atoms with Gasteiger partial charge in [-0.2, -0.15) is 0 Å². The maximum absolute atomic E-state index is 13.0. The van der Waals surface area contributed by atoms with Crippen LogP contribution in [0.5, 0.6) is 0 Å². The highest BCUT2D eigenvalue weighted by molar-refractivity contribution is 5.29. The third-order valence-electron chi connectivity index (χ3n) is 5.81. The van der Waals surface area contributed by atoms with Gasteiger partial charge in [-0.3, -0.25) is 4.90 Å². The maximum atomic E-state index is 13.0. The molecule has 6 heteroatoms. The summed E-state index contributed by atoms with van der Waals surface area (Å²) < 4.78 is 19.0. The lowest BCUT2D eigenvalue weighted by Gasteiger charge is -2.37. The molecule has 28 heavy (non-hydrogen) atoms. The van der Waals surface area contributed by atoms with E-state index in [2.05, 4.69) is 28.4 Å². The summed E-state index contributed by atoms with van der Waals surface area (Å²) in [5.74, 6) is -0.248. The summed E-state index contributed by atoms with van der Waals surface area (Å²) in [5, 5.41) is 23.7. The number of hydrogen-bond donors (Lipinski definition) is 3. The van der Waals surface area contributed by atoms with Crippen LogP contribution in [-0.2, 0) is 24.2 Å². The summed E-state index contributed by atoms with van der Waals surface area (Å²) in [6.07, 6.45) is -0.579. The summed E-state index contributed by atoms with van der Waals surface area (Å²) >= 11 is 0. The molecule has 5 nitrogen and oxygen atoms in total. The molecule has 1 fully saturated rings. The number of halogens is 1. The molecule has 0 bridgehead atoms. The van der Waals surface area contributed by atoms with Crippen molar-refractivity contribution in [3.63, 3.8) is 0 Å². The van der Waals surface area contributed by atoms with Crippen LogP contribution in [0.3, 0.4) is 0 Å². The third kappa shape index (κ3) is 4.11. The van der Waals surface area contributed by atoms with Crippen molar-refractivity contribution in [3.8, 4) is 0 Å². The number of aliphatic hydroxyl groups is 2. The number of hydrogen-bond acceptors (Lipinski definition) is 5. The second kappa shape index (κ2) is 8.68. The summed E-state index contributed by atoms with van der Waals surface area (Å²) in [5.41, 5.74) is 3.63. The van der Waals surface area contributed by atoms with Gasteiger partial charge in [0.15, 0.2) is 0 Å². The van der Waals surface area contributed by atoms with Crippen molar-refractivity contribution in [2.24, 2.45) is 0 Å². The summed E-state index contributed by atoms with van der Waals surface area (Å²) in [4.78, 5) is 2.27. The quantitative estimate of drug-likeness (QED) is 0.702.